The molecule has 5 heteroatoms. The lowest BCUT2D eigenvalue weighted by Crippen LogP contribution is -2.13. The summed E-state index contributed by atoms with van der Waals surface area (Å²) in [5.74, 6) is -0.683. The Morgan fingerprint density at radius 3 is 2.62 bits per heavy atom. The van der Waals surface area contributed by atoms with Gasteiger partial charge in [0.25, 0.3) is 5.91 Å². The topological polar surface area (TPSA) is 54.0 Å². The number of rotatable bonds is 4. The molecule has 0 radical (unpaired) electrons. The summed E-state index contributed by atoms with van der Waals surface area (Å²) in [5, 5.41) is 5.74. The zero-order valence-electron chi connectivity index (χ0n) is 13.1. The van der Waals surface area contributed by atoms with Crippen molar-refractivity contribution in [2.45, 2.75) is 6.92 Å². The standard InChI is InChI=1S/C19H16FN3O/c1-13-5-4-6-14(11-13)23-19(24)18-12-15(9-10-21-18)22-17-8-3-2-7-16(17)20/h2-12H,1H3,(H,21,22)(H,23,24). The molecule has 24 heavy (non-hydrogen) atoms. The van der Waals surface area contributed by atoms with Crippen molar-refractivity contribution >= 4 is 23.0 Å². The van der Waals surface area contributed by atoms with Gasteiger partial charge in [-0.15, -0.1) is 0 Å². The van der Waals surface area contributed by atoms with E-state index in [0.29, 0.717) is 17.1 Å². The average Bonchev–Trinajstić information content (AvgIpc) is 2.57. The molecular formula is C19H16FN3O. The molecule has 3 rings (SSSR count). The Hall–Kier alpha value is -3.21. The minimum absolute atomic E-state index is 0.248. The maximum absolute atomic E-state index is 13.7. The largest absolute Gasteiger partial charge is 0.353 e. The summed E-state index contributed by atoms with van der Waals surface area (Å²) in [7, 11) is 0. The molecule has 0 aliphatic heterocycles. The fraction of sp³-hybridized carbons (Fsp3) is 0.0526. The zero-order chi connectivity index (χ0) is 16.9. The summed E-state index contributed by atoms with van der Waals surface area (Å²) in [6.45, 7) is 1.95. The molecular weight excluding hydrogens is 305 g/mol. The Bertz CT molecular complexity index is 880. The van der Waals surface area contributed by atoms with Crippen LogP contribution in [-0.4, -0.2) is 10.9 Å². The number of pyridine rings is 1. The quantitative estimate of drug-likeness (QED) is 0.742. The Morgan fingerprint density at radius 1 is 1.00 bits per heavy atom. The van der Waals surface area contributed by atoms with Crippen LogP contribution in [0.25, 0.3) is 0 Å². The number of nitrogens with one attached hydrogen (secondary N) is 2. The third-order valence-corrected chi connectivity index (χ3v) is 3.42. The summed E-state index contributed by atoms with van der Waals surface area (Å²) in [4.78, 5) is 16.4. The molecule has 0 unspecified atom stereocenters. The van der Waals surface area contributed by atoms with Crippen molar-refractivity contribution < 1.29 is 9.18 Å². The molecule has 4 nitrogen and oxygen atoms in total. The number of amides is 1. The number of aryl methyl sites for hydroxylation is 1. The molecule has 0 fully saturated rings. The highest BCUT2D eigenvalue weighted by molar-refractivity contribution is 6.03. The van der Waals surface area contributed by atoms with Crippen molar-refractivity contribution in [2.24, 2.45) is 0 Å². The van der Waals surface area contributed by atoms with Crippen LogP contribution in [-0.2, 0) is 0 Å². The number of halogens is 1. The van der Waals surface area contributed by atoms with Crippen LogP contribution in [0.2, 0.25) is 0 Å². The number of aromatic nitrogens is 1. The van der Waals surface area contributed by atoms with Gasteiger partial charge in [-0.3, -0.25) is 9.78 Å². The molecule has 1 aromatic heterocycles. The van der Waals surface area contributed by atoms with E-state index in [0.717, 1.165) is 5.56 Å². The van der Waals surface area contributed by atoms with E-state index in [1.54, 1.807) is 30.3 Å². The van der Waals surface area contributed by atoms with E-state index in [1.807, 2.05) is 31.2 Å². The van der Waals surface area contributed by atoms with Crippen molar-refractivity contribution in [3.63, 3.8) is 0 Å². The minimum Gasteiger partial charge on any atom is -0.353 e. The van der Waals surface area contributed by atoms with Crippen molar-refractivity contribution in [3.8, 4) is 0 Å². The van der Waals surface area contributed by atoms with E-state index in [-0.39, 0.29) is 17.4 Å². The van der Waals surface area contributed by atoms with Crippen molar-refractivity contribution in [1.29, 1.82) is 0 Å². The van der Waals surface area contributed by atoms with Gasteiger partial charge < -0.3 is 10.6 Å². The number of hydrogen-bond donors (Lipinski definition) is 2. The van der Waals surface area contributed by atoms with Crippen LogP contribution in [0.15, 0.2) is 66.9 Å². The smallest absolute Gasteiger partial charge is 0.274 e. The van der Waals surface area contributed by atoms with Gasteiger partial charge in [-0.2, -0.15) is 0 Å². The first-order chi connectivity index (χ1) is 11.6. The number of benzene rings is 2. The zero-order valence-corrected chi connectivity index (χ0v) is 13.1. The van der Waals surface area contributed by atoms with Gasteiger partial charge in [-0.05, 0) is 48.9 Å². The molecule has 1 amide bonds. The summed E-state index contributed by atoms with van der Waals surface area (Å²) >= 11 is 0. The van der Waals surface area contributed by atoms with Gasteiger partial charge in [0.1, 0.15) is 11.5 Å². The predicted octanol–water partition coefficient (Wildman–Crippen LogP) is 4.53. The van der Waals surface area contributed by atoms with Gasteiger partial charge in [0.15, 0.2) is 0 Å². The van der Waals surface area contributed by atoms with Gasteiger partial charge in [0, 0.05) is 17.6 Å². The van der Waals surface area contributed by atoms with E-state index in [4.69, 9.17) is 0 Å². The average molecular weight is 321 g/mol. The third-order valence-electron chi connectivity index (χ3n) is 3.42. The van der Waals surface area contributed by atoms with Crippen LogP contribution < -0.4 is 10.6 Å². The first kappa shape index (κ1) is 15.7. The molecule has 3 aromatic rings. The fourth-order valence-electron chi connectivity index (χ4n) is 2.27. The highest BCUT2D eigenvalue weighted by atomic mass is 19.1. The molecule has 0 aliphatic rings. The van der Waals surface area contributed by atoms with E-state index in [2.05, 4.69) is 15.6 Å². The first-order valence-electron chi connectivity index (χ1n) is 7.47. The molecule has 120 valence electrons. The normalized spacial score (nSPS) is 10.2. The van der Waals surface area contributed by atoms with Crippen molar-refractivity contribution in [2.75, 3.05) is 10.6 Å². The van der Waals surface area contributed by atoms with Crippen LogP contribution >= 0.6 is 0 Å². The second-order valence-electron chi connectivity index (χ2n) is 5.36. The van der Waals surface area contributed by atoms with Crippen LogP contribution in [0, 0.1) is 12.7 Å². The molecule has 2 N–H and O–H groups in total. The highest BCUT2D eigenvalue weighted by Crippen LogP contribution is 2.20. The second kappa shape index (κ2) is 6.91. The van der Waals surface area contributed by atoms with Crippen molar-refractivity contribution in [1.82, 2.24) is 4.98 Å². The van der Waals surface area contributed by atoms with E-state index >= 15 is 0 Å². The summed E-state index contributed by atoms with van der Waals surface area (Å²) in [6.07, 6.45) is 1.51. The molecule has 0 aliphatic carbocycles. The van der Waals surface area contributed by atoms with E-state index in [1.165, 1.54) is 12.3 Å². The molecule has 2 aromatic carbocycles. The maximum atomic E-state index is 13.7. The monoisotopic (exact) mass is 321 g/mol. The molecule has 0 spiro atoms. The summed E-state index contributed by atoms with van der Waals surface area (Å²) in [5.41, 5.74) is 2.93. The number of carbonyl (C=O) groups is 1. The fourth-order valence-corrected chi connectivity index (χ4v) is 2.27. The highest BCUT2D eigenvalue weighted by Gasteiger charge is 2.09. The maximum Gasteiger partial charge on any atom is 0.274 e. The van der Waals surface area contributed by atoms with E-state index in [9.17, 15) is 9.18 Å². The Morgan fingerprint density at radius 2 is 1.83 bits per heavy atom. The Kier molecular flexibility index (Phi) is 4.52. The number of para-hydroxylation sites is 1. The lowest BCUT2D eigenvalue weighted by atomic mass is 10.2. The minimum atomic E-state index is -0.361. The number of hydrogen-bond acceptors (Lipinski definition) is 3. The predicted molar refractivity (Wildman–Crippen MR) is 93.1 cm³/mol. The van der Waals surface area contributed by atoms with Crippen LogP contribution in [0.1, 0.15) is 16.1 Å². The van der Waals surface area contributed by atoms with Gasteiger partial charge >= 0.3 is 0 Å². The molecule has 0 bridgehead atoms. The molecule has 1 heterocycles. The third kappa shape index (κ3) is 3.76. The SMILES string of the molecule is Cc1cccc(NC(=O)c2cc(Nc3ccccc3F)ccn2)c1. The first-order valence-corrected chi connectivity index (χ1v) is 7.47. The summed E-state index contributed by atoms with van der Waals surface area (Å²) < 4.78 is 13.7. The second-order valence-corrected chi connectivity index (χ2v) is 5.36. The van der Waals surface area contributed by atoms with Crippen LogP contribution in [0.5, 0.6) is 0 Å². The lowest BCUT2D eigenvalue weighted by Gasteiger charge is -2.09. The number of carbonyl (C=O) groups excluding carboxylic acids is 1. The lowest BCUT2D eigenvalue weighted by molar-refractivity contribution is 0.102. The van der Waals surface area contributed by atoms with Gasteiger partial charge in [-0.25, -0.2) is 4.39 Å². The molecule has 0 atom stereocenters. The molecule has 0 saturated heterocycles. The summed E-state index contributed by atoms with van der Waals surface area (Å²) in [6, 6.07) is 17.1. The van der Waals surface area contributed by atoms with Crippen molar-refractivity contribution in [3.05, 3.63) is 83.9 Å². The van der Waals surface area contributed by atoms with Gasteiger partial charge in [-0.1, -0.05) is 24.3 Å². The Labute approximate surface area is 139 Å². The van der Waals surface area contributed by atoms with E-state index < -0.39 is 0 Å². The number of nitrogens with zero attached hydrogens (tertiary/aromatic N) is 1. The number of anilines is 3. The molecule has 0 saturated carbocycles. The van der Waals surface area contributed by atoms with Crippen LogP contribution in [0.4, 0.5) is 21.5 Å². The van der Waals surface area contributed by atoms with Gasteiger partial charge in [0.05, 0.1) is 5.69 Å². The van der Waals surface area contributed by atoms with Crippen LogP contribution in [0.3, 0.4) is 0 Å². The Balaban J connectivity index is 1.77. The van der Waals surface area contributed by atoms with Gasteiger partial charge in [0.2, 0.25) is 0 Å².